The minimum absolute atomic E-state index is 0.0429. The fourth-order valence-electron chi connectivity index (χ4n) is 5.02. The van der Waals surface area contributed by atoms with E-state index in [1.807, 2.05) is 20.8 Å². The summed E-state index contributed by atoms with van der Waals surface area (Å²) in [5.41, 5.74) is -0.542. The number of esters is 1. The van der Waals surface area contributed by atoms with Gasteiger partial charge in [0, 0.05) is 5.41 Å². The van der Waals surface area contributed by atoms with Gasteiger partial charge in [-0.25, -0.2) is 0 Å². The third kappa shape index (κ3) is 2.09. The van der Waals surface area contributed by atoms with Crippen LogP contribution in [0.1, 0.15) is 59.3 Å². The number of hydrogen-bond donors (Lipinski definition) is 1. The Morgan fingerprint density at radius 2 is 1.85 bits per heavy atom. The van der Waals surface area contributed by atoms with E-state index in [1.54, 1.807) is 0 Å². The average molecular weight is 280 g/mol. The molecule has 0 aliphatic heterocycles. The Balaban J connectivity index is 1.80. The first-order valence-electron chi connectivity index (χ1n) is 8.22. The number of carbonyl (C=O) groups excluding carboxylic acids is 1. The van der Waals surface area contributed by atoms with Crippen molar-refractivity contribution in [2.45, 2.75) is 65.4 Å². The zero-order chi connectivity index (χ0) is 14.5. The van der Waals surface area contributed by atoms with E-state index in [-0.39, 0.29) is 24.1 Å². The Kier molecular flexibility index (Phi) is 3.39. The van der Waals surface area contributed by atoms with Gasteiger partial charge >= 0.3 is 5.97 Å². The molecule has 3 heteroatoms. The molecule has 3 atom stereocenters. The Bertz CT molecular complexity index is 387. The molecule has 3 nitrogen and oxygen atoms in total. The first-order chi connectivity index (χ1) is 9.40. The SMILES string of the molecule is CCC(C)(C)C(=O)OC1C2CC3CC(C2)CC1(CO)C3. The maximum absolute atomic E-state index is 12.4. The zero-order valence-electron chi connectivity index (χ0n) is 13.0. The van der Waals surface area contributed by atoms with Crippen LogP contribution in [0, 0.1) is 28.6 Å². The van der Waals surface area contributed by atoms with E-state index in [1.165, 1.54) is 19.3 Å². The largest absolute Gasteiger partial charge is 0.461 e. The number of ether oxygens (including phenoxy) is 1. The van der Waals surface area contributed by atoms with E-state index in [0.717, 1.165) is 31.1 Å². The van der Waals surface area contributed by atoms with E-state index < -0.39 is 5.41 Å². The summed E-state index contributed by atoms with van der Waals surface area (Å²) >= 11 is 0. The van der Waals surface area contributed by atoms with Gasteiger partial charge in [-0.3, -0.25) is 4.79 Å². The minimum atomic E-state index is -0.411. The lowest BCUT2D eigenvalue weighted by molar-refractivity contribution is -0.209. The molecule has 4 saturated carbocycles. The summed E-state index contributed by atoms with van der Waals surface area (Å²) in [4.78, 5) is 12.4. The Morgan fingerprint density at radius 1 is 1.25 bits per heavy atom. The molecule has 20 heavy (non-hydrogen) atoms. The Labute approximate surface area is 122 Å². The van der Waals surface area contributed by atoms with E-state index in [2.05, 4.69) is 0 Å². The standard InChI is InChI=1S/C17H28O3/c1-4-16(2,3)15(19)20-14-13-6-11-5-12(7-13)9-17(14,8-11)10-18/h11-14,18H,4-10H2,1-3H3. The quantitative estimate of drug-likeness (QED) is 0.805. The number of carbonyl (C=O) groups is 1. The molecule has 4 rings (SSSR count). The molecule has 4 fully saturated rings. The molecule has 0 amide bonds. The summed E-state index contributed by atoms with van der Waals surface area (Å²) in [7, 11) is 0. The molecule has 4 bridgehead atoms. The average Bonchev–Trinajstić information content (AvgIpc) is 2.41. The van der Waals surface area contributed by atoms with Gasteiger partial charge in [0.25, 0.3) is 0 Å². The molecule has 0 aromatic rings. The number of rotatable bonds is 4. The lowest BCUT2D eigenvalue weighted by atomic mass is 9.48. The van der Waals surface area contributed by atoms with Crippen molar-refractivity contribution in [2.75, 3.05) is 6.61 Å². The topological polar surface area (TPSA) is 46.5 Å². The highest BCUT2D eigenvalue weighted by molar-refractivity contribution is 5.76. The van der Waals surface area contributed by atoms with Gasteiger partial charge in [-0.2, -0.15) is 0 Å². The van der Waals surface area contributed by atoms with Crippen molar-refractivity contribution in [1.29, 1.82) is 0 Å². The second-order valence-corrected chi connectivity index (χ2v) is 8.19. The molecule has 3 unspecified atom stereocenters. The number of aliphatic hydroxyl groups excluding tert-OH is 1. The zero-order valence-corrected chi connectivity index (χ0v) is 13.0. The van der Waals surface area contributed by atoms with E-state index in [4.69, 9.17) is 4.74 Å². The van der Waals surface area contributed by atoms with Crippen LogP contribution in [0.25, 0.3) is 0 Å². The van der Waals surface area contributed by atoms with Gasteiger partial charge in [0.1, 0.15) is 6.10 Å². The predicted molar refractivity (Wildman–Crippen MR) is 77.0 cm³/mol. The molecular formula is C17H28O3. The van der Waals surface area contributed by atoms with Crippen LogP contribution in [-0.4, -0.2) is 23.8 Å². The number of hydrogen-bond acceptors (Lipinski definition) is 3. The van der Waals surface area contributed by atoms with Gasteiger partial charge in [-0.05, 0) is 70.1 Å². The van der Waals surface area contributed by atoms with Crippen molar-refractivity contribution in [1.82, 2.24) is 0 Å². The summed E-state index contributed by atoms with van der Waals surface area (Å²) in [6, 6.07) is 0. The van der Waals surface area contributed by atoms with Gasteiger partial charge in [0.15, 0.2) is 0 Å². The van der Waals surface area contributed by atoms with Crippen LogP contribution in [0.5, 0.6) is 0 Å². The summed E-state index contributed by atoms with van der Waals surface area (Å²) in [6.07, 6.45) is 6.59. The van der Waals surface area contributed by atoms with Crippen molar-refractivity contribution in [2.24, 2.45) is 28.6 Å². The van der Waals surface area contributed by atoms with Crippen LogP contribution in [-0.2, 0) is 9.53 Å². The molecule has 114 valence electrons. The van der Waals surface area contributed by atoms with Crippen LogP contribution >= 0.6 is 0 Å². The molecule has 1 N–H and O–H groups in total. The molecule has 4 aliphatic rings. The first-order valence-corrected chi connectivity index (χ1v) is 8.22. The van der Waals surface area contributed by atoms with Gasteiger partial charge in [-0.1, -0.05) is 6.92 Å². The molecule has 0 radical (unpaired) electrons. The lowest BCUT2D eigenvalue weighted by Gasteiger charge is -2.60. The van der Waals surface area contributed by atoms with E-state index in [9.17, 15) is 9.90 Å². The molecular weight excluding hydrogens is 252 g/mol. The molecule has 0 heterocycles. The maximum atomic E-state index is 12.4. The smallest absolute Gasteiger partial charge is 0.311 e. The summed E-state index contributed by atoms with van der Waals surface area (Å²) in [5.74, 6) is 1.93. The number of aliphatic hydroxyl groups is 1. The van der Waals surface area contributed by atoms with Crippen LogP contribution in [0.3, 0.4) is 0 Å². The van der Waals surface area contributed by atoms with Gasteiger partial charge in [-0.15, -0.1) is 0 Å². The minimum Gasteiger partial charge on any atom is -0.461 e. The van der Waals surface area contributed by atoms with Crippen molar-refractivity contribution < 1.29 is 14.6 Å². The summed E-state index contributed by atoms with van der Waals surface area (Å²) < 4.78 is 5.98. The fourth-order valence-corrected chi connectivity index (χ4v) is 5.02. The van der Waals surface area contributed by atoms with Crippen LogP contribution in [0.15, 0.2) is 0 Å². The van der Waals surface area contributed by atoms with Crippen molar-refractivity contribution in [3.63, 3.8) is 0 Å². The van der Waals surface area contributed by atoms with Gasteiger partial charge in [0.05, 0.1) is 12.0 Å². The third-order valence-electron chi connectivity index (χ3n) is 6.35. The van der Waals surface area contributed by atoms with Crippen molar-refractivity contribution in [3.05, 3.63) is 0 Å². The highest BCUT2D eigenvalue weighted by Gasteiger charge is 2.58. The van der Waals surface area contributed by atoms with Crippen molar-refractivity contribution >= 4 is 5.97 Å². The molecule has 0 saturated heterocycles. The van der Waals surface area contributed by atoms with Gasteiger partial charge < -0.3 is 9.84 Å². The monoisotopic (exact) mass is 280 g/mol. The lowest BCUT2D eigenvalue weighted by Crippen LogP contribution is -2.59. The highest BCUT2D eigenvalue weighted by Crippen LogP contribution is 2.60. The first kappa shape index (κ1) is 14.4. The molecule has 4 aliphatic carbocycles. The van der Waals surface area contributed by atoms with E-state index in [0.29, 0.717) is 5.92 Å². The third-order valence-corrected chi connectivity index (χ3v) is 6.35. The second-order valence-electron chi connectivity index (χ2n) is 8.19. The van der Waals surface area contributed by atoms with Crippen molar-refractivity contribution in [3.8, 4) is 0 Å². The molecule has 0 spiro atoms. The second kappa shape index (κ2) is 4.72. The predicted octanol–water partition coefficient (Wildman–Crippen LogP) is 3.15. The molecule has 0 aromatic heterocycles. The van der Waals surface area contributed by atoms with Crippen LogP contribution < -0.4 is 0 Å². The van der Waals surface area contributed by atoms with E-state index >= 15 is 0 Å². The Hall–Kier alpha value is -0.570. The highest BCUT2D eigenvalue weighted by atomic mass is 16.5. The Morgan fingerprint density at radius 3 is 2.35 bits per heavy atom. The normalized spacial score (nSPS) is 42.8. The summed E-state index contributed by atoms with van der Waals surface area (Å²) in [6.45, 7) is 6.12. The fraction of sp³-hybridized carbons (Fsp3) is 0.941. The maximum Gasteiger partial charge on any atom is 0.311 e. The van der Waals surface area contributed by atoms with Crippen LogP contribution in [0.4, 0.5) is 0 Å². The summed E-state index contributed by atoms with van der Waals surface area (Å²) in [5, 5.41) is 9.98. The van der Waals surface area contributed by atoms with Gasteiger partial charge in [0.2, 0.25) is 0 Å². The van der Waals surface area contributed by atoms with Crippen LogP contribution in [0.2, 0.25) is 0 Å². The molecule has 0 aromatic carbocycles.